The summed E-state index contributed by atoms with van der Waals surface area (Å²) < 4.78 is 11.4. The second kappa shape index (κ2) is 14.0. The summed E-state index contributed by atoms with van der Waals surface area (Å²) in [5, 5.41) is 6.82. The maximum absolute atomic E-state index is 6.58. The largest absolute Gasteiger partial charge is 0.456 e. The smallest absolute Gasteiger partial charge is 0.164 e. The highest BCUT2D eigenvalue weighted by Gasteiger charge is 2.21. The Kier molecular flexibility index (Phi) is 7.80. The number of aromatic nitrogens is 5. The van der Waals surface area contributed by atoms with Crippen molar-refractivity contribution in [3.05, 3.63) is 212 Å². The molecule has 0 saturated heterocycles. The van der Waals surface area contributed by atoms with E-state index in [0.29, 0.717) is 17.5 Å². The first-order valence-electron chi connectivity index (χ1n) is 21.2. The average molecular weight is 806 g/mol. The predicted molar refractivity (Wildman–Crippen MR) is 258 cm³/mol. The predicted octanol–water partition coefficient (Wildman–Crippen LogP) is 14.6. The minimum absolute atomic E-state index is 0.589. The molecule has 4 heterocycles. The van der Waals surface area contributed by atoms with E-state index in [9.17, 15) is 0 Å². The van der Waals surface area contributed by atoms with Crippen LogP contribution in [0.3, 0.4) is 0 Å². The normalized spacial score (nSPS) is 11.8. The van der Waals surface area contributed by atoms with Crippen molar-refractivity contribution in [2.75, 3.05) is 0 Å². The summed E-state index contributed by atoms with van der Waals surface area (Å²) in [6.07, 6.45) is 0. The molecule has 0 fully saturated rings. The number of hydrogen-bond donors (Lipinski definition) is 0. The lowest BCUT2D eigenvalue weighted by atomic mass is 10.0. The van der Waals surface area contributed by atoms with E-state index in [-0.39, 0.29) is 0 Å². The molecule has 9 aromatic carbocycles. The first kappa shape index (κ1) is 35.2. The number of furan rings is 1. The number of hydrogen-bond acceptors (Lipinski definition) is 4. The van der Waals surface area contributed by atoms with Gasteiger partial charge < -0.3 is 13.6 Å². The van der Waals surface area contributed by atoms with Crippen LogP contribution in [0.4, 0.5) is 0 Å². The number of nitrogens with zero attached hydrogens (tertiary/aromatic N) is 5. The molecule has 0 aliphatic carbocycles. The topological polar surface area (TPSA) is 61.7 Å². The van der Waals surface area contributed by atoms with E-state index in [1.165, 1.54) is 32.6 Å². The van der Waals surface area contributed by atoms with Gasteiger partial charge >= 0.3 is 0 Å². The third-order valence-electron chi connectivity index (χ3n) is 12.4. The molecule has 0 unspecified atom stereocenters. The molecule has 0 radical (unpaired) electrons. The lowest BCUT2D eigenvalue weighted by Gasteiger charge is -2.11. The molecule has 6 nitrogen and oxygen atoms in total. The maximum Gasteiger partial charge on any atom is 0.164 e. The number of para-hydroxylation sites is 3. The van der Waals surface area contributed by atoms with Gasteiger partial charge in [-0.2, -0.15) is 0 Å². The zero-order chi connectivity index (χ0) is 41.4. The summed E-state index contributed by atoms with van der Waals surface area (Å²) in [5.74, 6) is 1.82. The lowest BCUT2D eigenvalue weighted by Crippen LogP contribution is -2.00. The van der Waals surface area contributed by atoms with Crippen molar-refractivity contribution in [1.82, 2.24) is 24.1 Å². The molecule has 0 aliphatic heterocycles. The molecule has 294 valence electrons. The monoisotopic (exact) mass is 805 g/mol. The minimum Gasteiger partial charge on any atom is -0.456 e. The highest BCUT2D eigenvalue weighted by atomic mass is 16.3. The van der Waals surface area contributed by atoms with Crippen molar-refractivity contribution in [2.24, 2.45) is 0 Å². The molecule has 6 heteroatoms. The fourth-order valence-electron chi connectivity index (χ4n) is 9.50. The van der Waals surface area contributed by atoms with Gasteiger partial charge in [-0.05, 0) is 71.8 Å². The summed E-state index contributed by atoms with van der Waals surface area (Å²) in [6.45, 7) is 0. The van der Waals surface area contributed by atoms with Crippen LogP contribution in [-0.4, -0.2) is 24.1 Å². The SMILES string of the molecule is c1ccc(-c2nc(-c3ccccc3)nc(-c3cccc4oc5ccc(-n6c7ccccc7c7ccc(-c8ccc9c%10ccccc%10n(-c%10ccccc%10)c9c8)cc76)cc5c34)n2)cc1. The van der Waals surface area contributed by atoms with Crippen LogP contribution in [0.2, 0.25) is 0 Å². The summed E-state index contributed by atoms with van der Waals surface area (Å²) in [4.78, 5) is 15.2. The van der Waals surface area contributed by atoms with Crippen LogP contribution in [0.15, 0.2) is 217 Å². The number of rotatable bonds is 6. The summed E-state index contributed by atoms with van der Waals surface area (Å²) in [6, 6.07) is 74.6. The van der Waals surface area contributed by atoms with Crippen LogP contribution in [0.25, 0.3) is 122 Å². The first-order valence-corrected chi connectivity index (χ1v) is 21.2. The summed E-state index contributed by atoms with van der Waals surface area (Å²) in [5.41, 5.74) is 13.4. The Morgan fingerprint density at radius 2 is 0.810 bits per heavy atom. The van der Waals surface area contributed by atoms with Crippen LogP contribution in [0.5, 0.6) is 0 Å². The average Bonchev–Trinajstić information content (AvgIpc) is 4.01. The van der Waals surface area contributed by atoms with Gasteiger partial charge in [-0.25, -0.2) is 15.0 Å². The van der Waals surface area contributed by atoms with Gasteiger partial charge in [-0.3, -0.25) is 0 Å². The molecular weight excluding hydrogens is 771 g/mol. The molecule has 0 amide bonds. The van der Waals surface area contributed by atoms with Crippen molar-refractivity contribution in [2.45, 2.75) is 0 Å². The van der Waals surface area contributed by atoms with Gasteiger partial charge in [0, 0.05) is 60.4 Å². The third-order valence-corrected chi connectivity index (χ3v) is 12.4. The summed E-state index contributed by atoms with van der Waals surface area (Å²) >= 11 is 0. The van der Waals surface area contributed by atoms with Gasteiger partial charge in [0.05, 0.1) is 22.1 Å². The molecule has 0 N–H and O–H groups in total. The number of fused-ring (bicyclic) bond motifs is 9. The van der Waals surface area contributed by atoms with Crippen molar-refractivity contribution in [3.63, 3.8) is 0 Å². The van der Waals surface area contributed by atoms with Gasteiger partial charge in [0.2, 0.25) is 0 Å². The highest BCUT2D eigenvalue weighted by molar-refractivity contribution is 6.15. The molecule has 0 saturated carbocycles. The highest BCUT2D eigenvalue weighted by Crippen LogP contribution is 2.41. The van der Waals surface area contributed by atoms with E-state index < -0.39 is 0 Å². The zero-order valence-corrected chi connectivity index (χ0v) is 33.9. The number of benzene rings is 9. The van der Waals surface area contributed by atoms with E-state index >= 15 is 0 Å². The zero-order valence-electron chi connectivity index (χ0n) is 33.9. The van der Waals surface area contributed by atoms with Gasteiger partial charge in [0.15, 0.2) is 17.5 Å². The Morgan fingerprint density at radius 1 is 0.302 bits per heavy atom. The van der Waals surface area contributed by atoms with Crippen LogP contribution >= 0.6 is 0 Å². The molecule has 0 atom stereocenters. The Balaban J connectivity index is 1.00. The Hall–Kier alpha value is -8.61. The fraction of sp³-hybridized carbons (Fsp3) is 0. The Labute approximate surface area is 361 Å². The quantitative estimate of drug-likeness (QED) is 0.168. The van der Waals surface area contributed by atoms with E-state index in [1.807, 2.05) is 72.8 Å². The molecule has 63 heavy (non-hydrogen) atoms. The standard InChI is InChI=1S/C57H35N5O/c1-4-15-36(16-5-1)55-58-56(37-17-6-2-7-18-37)60-57(59-55)46-23-14-26-53-54(46)47-35-41(29-32-52(47)63-53)62-49-25-13-11-22-43(49)45-31-28-39(34-51(45)62)38-27-30-44-42-21-10-12-24-48(42)61(50(44)33-38)40-19-8-3-9-20-40/h1-35H. The van der Waals surface area contributed by atoms with E-state index in [2.05, 4.69) is 149 Å². The first-order chi connectivity index (χ1) is 31.2. The van der Waals surface area contributed by atoms with Crippen molar-refractivity contribution < 1.29 is 4.42 Å². The van der Waals surface area contributed by atoms with Crippen LogP contribution < -0.4 is 0 Å². The molecule has 0 aliphatic rings. The van der Waals surface area contributed by atoms with Crippen molar-refractivity contribution >= 4 is 65.6 Å². The van der Waals surface area contributed by atoms with Crippen LogP contribution in [-0.2, 0) is 0 Å². The van der Waals surface area contributed by atoms with E-state index in [1.54, 1.807) is 0 Å². The van der Waals surface area contributed by atoms with Gasteiger partial charge in [-0.1, -0.05) is 152 Å². The Morgan fingerprint density at radius 3 is 1.41 bits per heavy atom. The minimum atomic E-state index is 0.589. The summed E-state index contributed by atoms with van der Waals surface area (Å²) in [7, 11) is 0. The van der Waals surface area contributed by atoms with Gasteiger partial charge in [0.25, 0.3) is 0 Å². The van der Waals surface area contributed by atoms with Crippen LogP contribution in [0.1, 0.15) is 0 Å². The lowest BCUT2D eigenvalue weighted by molar-refractivity contribution is 0.669. The van der Waals surface area contributed by atoms with Gasteiger partial charge in [0.1, 0.15) is 11.2 Å². The second-order valence-electron chi connectivity index (χ2n) is 16.0. The molecule has 13 aromatic rings. The fourth-order valence-corrected chi connectivity index (χ4v) is 9.50. The van der Waals surface area contributed by atoms with Crippen molar-refractivity contribution in [1.29, 1.82) is 0 Å². The molecule has 0 bridgehead atoms. The van der Waals surface area contributed by atoms with Crippen LogP contribution in [0, 0.1) is 0 Å². The molecule has 13 rings (SSSR count). The third kappa shape index (κ3) is 5.62. The maximum atomic E-state index is 6.58. The Bertz CT molecular complexity index is 3850. The van der Waals surface area contributed by atoms with Crippen molar-refractivity contribution in [3.8, 4) is 56.7 Å². The molecule has 4 aromatic heterocycles. The van der Waals surface area contributed by atoms with E-state index in [0.717, 1.165) is 72.2 Å². The van der Waals surface area contributed by atoms with E-state index in [4.69, 9.17) is 19.4 Å². The molecule has 0 spiro atoms. The molecular formula is C57H35N5O. The van der Waals surface area contributed by atoms with Gasteiger partial charge in [-0.15, -0.1) is 0 Å². The second-order valence-corrected chi connectivity index (χ2v) is 16.0.